The van der Waals surface area contributed by atoms with E-state index < -0.39 is 0 Å². The standard InChI is InChI=1S/C17H21N3/c1-13(19)10-14-11-20(12-17(6-7-17)8-9-18)16-5-3-2-4-15(14)16/h2-5,11,13H,6-8,10,12,19H2,1H3. The molecule has 0 aliphatic heterocycles. The van der Waals surface area contributed by atoms with Crippen LogP contribution in [0.15, 0.2) is 30.5 Å². The highest BCUT2D eigenvalue weighted by Crippen LogP contribution is 2.50. The van der Waals surface area contributed by atoms with Gasteiger partial charge >= 0.3 is 0 Å². The van der Waals surface area contributed by atoms with Crippen LogP contribution in [0.25, 0.3) is 10.9 Å². The summed E-state index contributed by atoms with van der Waals surface area (Å²) in [5.74, 6) is 0. The molecule has 2 aromatic rings. The summed E-state index contributed by atoms with van der Waals surface area (Å²) < 4.78 is 2.33. The fourth-order valence-electron chi connectivity index (χ4n) is 3.06. The number of para-hydroxylation sites is 1. The average Bonchev–Trinajstić information content (AvgIpc) is 3.08. The van der Waals surface area contributed by atoms with Crippen LogP contribution in [0.5, 0.6) is 0 Å². The number of benzene rings is 1. The zero-order valence-corrected chi connectivity index (χ0v) is 12.0. The molecule has 1 unspecified atom stereocenters. The van der Waals surface area contributed by atoms with Crippen molar-refractivity contribution >= 4 is 10.9 Å². The fourth-order valence-corrected chi connectivity index (χ4v) is 3.06. The van der Waals surface area contributed by atoms with Gasteiger partial charge in [0.05, 0.1) is 6.07 Å². The Kier molecular flexibility index (Phi) is 3.27. The molecule has 1 fully saturated rings. The van der Waals surface area contributed by atoms with Crippen LogP contribution in [-0.4, -0.2) is 10.6 Å². The van der Waals surface area contributed by atoms with Gasteiger partial charge in [0.1, 0.15) is 0 Å². The molecule has 20 heavy (non-hydrogen) atoms. The van der Waals surface area contributed by atoms with Crippen molar-refractivity contribution in [1.82, 2.24) is 4.57 Å². The Morgan fingerprint density at radius 2 is 2.15 bits per heavy atom. The highest BCUT2D eigenvalue weighted by molar-refractivity contribution is 5.84. The van der Waals surface area contributed by atoms with Crippen molar-refractivity contribution in [1.29, 1.82) is 5.26 Å². The molecule has 0 radical (unpaired) electrons. The SMILES string of the molecule is CC(N)Cc1cn(CC2(CC#N)CC2)c2ccccc12. The zero-order chi connectivity index (χ0) is 14.2. The molecule has 1 saturated carbocycles. The van der Waals surface area contributed by atoms with Gasteiger partial charge in [0.2, 0.25) is 0 Å². The smallest absolute Gasteiger partial charge is 0.0628 e. The van der Waals surface area contributed by atoms with Gasteiger partial charge in [0, 0.05) is 41.5 Å². The number of nitrogens with zero attached hydrogens (tertiary/aromatic N) is 2. The molecule has 0 bridgehead atoms. The quantitative estimate of drug-likeness (QED) is 0.904. The lowest BCUT2D eigenvalue weighted by molar-refractivity contribution is 0.439. The van der Waals surface area contributed by atoms with Gasteiger partial charge in [-0.15, -0.1) is 0 Å². The van der Waals surface area contributed by atoms with Crippen LogP contribution in [0.3, 0.4) is 0 Å². The molecule has 1 aliphatic carbocycles. The van der Waals surface area contributed by atoms with Crippen molar-refractivity contribution < 1.29 is 0 Å². The van der Waals surface area contributed by atoms with Crippen molar-refractivity contribution in [3.63, 3.8) is 0 Å². The van der Waals surface area contributed by atoms with Crippen LogP contribution >= 0.6 is 0 Å². The maximum absolute atomic E-state index is 8.98. The Morgan fingerprint density at radius 1 is 1.40 bits per heavy atom. The van der Waals surface area contributed by atoms with E-state index in [4.69, 9.17) is 11.0 Å². The first-order valence-electron chi connectivity index (χ1n) is 7.33. The Bertz CT molecular complexity index is 656. The molecule has 2 N–H and O–H groups in total. The van der Waals surface area contributed by atoms with E-state index in [1.54, 1.807) is 0 Å². The van der Waals surface area contributed by atoms with Crippen molar-refractivity contribution in [3.8, 4) is 6.07 Å². The maximum atomic E-state index is 8.98. The maximum Gasteiger partial charge on any atom is 0.0628 e. The second-order valence-corrected chi connectivity index (χ2v) is 6.32. The summed E-state index contributed by atoms with van der Waals surface area (Å²) in [5, 5.41) is 10.3. The van der Waals surface area contributed by atoms with Crippen molar-refractivity contribution in [3.05, 3.63) is 36.0 Å². The molecule has 0 amide bonds. The predicted octanol–water partition coefficient (Wildman–Crippen LogP) is 3.22. The molecule has 3 heteroatoms. The molecule has 3 rings (SSSR count). The molecule has 0 saturated heterocycles. The van der Waals surface area contributed by atoms with Crippen LogP contribution in [-0.2, 0) is 13.0 Å². The van der Waals surface area contributed by atoms with Gasteiger partial charge in [0.25, 0.3) is 0 Å². The number of aromatic nitrogens is 1. The van der Waals surface area contributed by atoms with E-state index in [0.717, 1.165) is 13.0 Å². The fraction of sp³-hybridized carbons (Fsp3) is 0.471. The summed E-state index contributed by atoms with van der Waals surface area (Å²) in [4.78, 5) is 0. The Balaban J connectivity index is 1.97. The minimum Gasteiger partial charge on any atom is -0.347 e. The van der Waals surface area contributed by atoms with E-state index in [1.165, 1.54) is 29.3 Å². The molecule has 1 atom stereocenters. The topological polar surface area (TPSA) is 54.7 Å². The summed E-state index contributed by atoms with van der Waals surface area (Å²) >= 11 is 0. The van der Waals surface area contributed by atoms with Gasteiger partial charge in [-0.1, -0.05) is 18.2 Å². The molecule has 1 heterocycles. The minimum atomic E-state index is 0.170. The molecule has 1 aromatic carbocycles. The summed E-state index contributed by atoms with van der Waals surface area (Å²) in [5.41, 5.74) is 8.78. The third kappa shape index (κ3) is 2.44. The first kappa shape index (κ1) is 13.2. The molecule has 1 aliphatic rings. The number of hydrogen-bond acceptors (Lipinski definition) is 2. The van der Waals surface area contributed by atoms with E-state index in [0.29, 0.717) is 6.42 Å². The van der Waals surface area contributed by atoms with Crippen LogP contribution in [0.2, 0.25) is 0 Å². The first-order chi connectivity index (χ1) is 9.63. The molecule has 104 valence electrons. The number of rotatable bonds is 5. The number of nitriles is 1. The lowest BCUT2D eigenvalue weighted by Crippen LogP contribution is -2.17. The third-order valence-corrected chi connectivity index (χ3v) is 4.33. The number of nitrogens with two attached hydrogens (primary N) is 1. The van der Waals surface area contributed by atoms with Gasteiger partial charge < -0.3 is 10.3 Å². The normalized spacial score (nSPS) is 17.9. The summed E-state index contributed by atoms with van der Waals surface area (Å²) in [7, 11) is 0. The lowest BCUT2D eigenvalue weighted by Gasteiger charge is -2.13. The summed E-state index contributed by atoms with van der Waals surface area (Å²) in [6, 6.07) is 11.0. The van der Waals surface area contributed by atoms with Crippen LogP contribution < -0.4 is 5.73 Å². The van der Waals surface area contributed by atoms with Crippen LogP contribution in [0.4, 0.5) is 0 Å². The second-order valence-electron chi connectivity index (χ2n) is 6.32. The van der Waals surface area contributed by atoms with Gasteiger partial charge in [-0.2, -0.15) is 5.26 Å². The third-order valence-electron chi connectivity index (χ3n) is 4.33. The van der Waals surface area contributed by atoms with Gasteiger partial charge in [-0.05, 0) is 37.8 Å². The lowest BCUT2D eigenvalue weighted by atomic mass is 10.0. The number of fused-ring (bicyclic) bond motifs is 1. The van der Waals surface area contributed by atoms with E-state index in [1.807, 2.05) is 6.92 Å². The second kappa shape index (κ2) is 4.96. The van der Waals surface area contributed by atoms with Crippen molar-refractivity contribution in [2.75, 3.05) is 0 Å². The van der Waals surface area contributed by atoms with E-state index in [2.05, 4.69) is 41.1 Å². The van der Waals surface area contributed by atoms with Gasteiger partial charge in [-0.25, -0.2) is 0 Å². The van der Waals surface area contributed by atoms with E-state index in [9.17, 15) is 0 Å². The number of hydrogen-bond donors (Lipinski definition) is 1. The highest BCUT2D eigenvalue weighted by atomic mass is 15.0. The average molecular weight is 267 g/mol. The van der Waals surface area contributed by atoms with E-state index in [-0.39, 0.29) is 11.5 Å². The molecule has 0 spiro atoms. The Hall–Kier alpha value is -1.79. The molecular formula is C17H21N3. The van der Waals surface area contributed by atoms with Crippen LogP contribution in [0.1, 0.15) is 31.7 Å². The Morgan fingerprint density at radius 3 is 2.80 bits per heavy atom. The monoisotopic (exact) mass is 267 g/mol. The Labute approximate surface area is 120 Å². The van der Waals surface area contributed by atoms with Crippen molar-refractivity contribution in [2.24, 2.45) is 11.1 Å². The van der Waals surface area contributed by atoms with Gasteiger partial charge in [0.15, 0.2) is 0 Å². The summed E-state index contributed by atoms with van der Waals surface area (Å²) in [6.45, 7) is 3.00. The largest absolute Gasteiger partial charge is 0.347 e. The first-order valence-corrected chi connectivity index (χ1v) is 7.33. The van der Waals surface area contributed by atoms with Crippen LogP contribution in [0, 0.1) is 16.7 Å². The highest BCUT2D eigenvalue weighted by Gasteiger charge is 2.42. The molecular weight excluding hydrogens is 246 g/mol. The zero-order valence-electron chi connectivity index (χ0n) is 12.0. The van der Waals surface area contributed by atoms with E-state index >= 15 is 0 Å². The summed E-state index contributed by atoms with van der Waals surface area (Å²) in [6.07, 6.45) is 6.16. The van der Waals surface area contributed by atoms with Gasteiger partial charge in [-0.3, -0.25) is 0 Å². The molecule has 3 nitrogen and oxygen atoms in total. The predicted molar refractivity (Wildman–Crippen MR) is 81.2 cm³/mol. The van der Waals surface area contributed by atoms with Crippen molar-refractivity contribution in [2.45, 2.75) is 45.2 Å². The minimum absolute atomic E-state index is 0.170. The molecule has 1 aromatic heterocycles.